The predicted molar refractivity (Wildman–Crippen MR) is 87.6 cm³/mol. The minimum absolute atomic E-state index is 0.0218. The number of hydrogen-bond donors (Lipinski definition) is 0. The second kappa shape index (κ2) is 6.68. The first kappa shape index (κ1) is 15.3. The lowest BCUT2D eigenvalue weighted by atomic mass is 10.2. The number of carbonyl (C=O) groups is 1. The maximum atomic E-state index is 12.6. The summed E-state index contributed by atoms with van der Waals surface area (Å²) in [5, 5.41) is 8.35. The molecule has 3 aromatic rings. The van der Waals surface area contributed by atoms with E-state index in [4.69, 9.17) is 4.74 Å². The number of hydrogen-bond acceptors (Lipinski definition) is 6. The van der Waals surface area contributed by atoms with Crippen LogP contribution < -0.4 is 4.74 Å². The van der Waals surface area contributed by atoms with E-state index in [1.54, 1.807) is 41.7 Å². The molecule has 0 bridgehead atoms. The molecular formula is C17H16N6O2. The molecule has 4 rings (SSSR count). The van der Waals surface area contributed by atoms with Crippen molar-refractivity contribution in [3.05, 3.63) is 65.9 Å². The van der Waals surface area contributed by atoms with Crippen LogP contribution in [0.4, 0.5) is 0 Å². The third kappa shape index (κ3) is 3.18. The molecule has 0 saturated heterocycles. The maximum Gasteiger partial charge on any atom is 0.254 e. The standard InChI is InChI=1S/C17H16N6O2/c24-17(13-4-7-18-8-5-13)22-9-10-23-15(11-22)14(20-21-23)12-25-16-3-1-2-6-19-16/h1-8H,9-12H2. The lowest BCUT2D eigenvalue weighted by molar-refractivity contribution is 0.0704. The van der Waals surface area contributed by atoms with Crippen molar-refractivity contribution in [2.45, 2.75) is 19.7 Å². The van der Waals surface area contributed by atoms with Crippen LogP contribution in [0.2, 0.25) is 0 Å². The molecule has 0 atom stereocenters. The largest absolute Gasteiger partial charge is 0.471 e. The van der Waals surface area contributed by atoms with Gasteiger partial charge in [0, 0.05) is 36.8 Å². The molecule has 0 N–H and O–H groups in total. The third-order valence-corrected chi connectivity index (χ3v) is 4.05. The van der Waals surface area contributed by atoms with Crippen LogP contribution >= 0.6 is 0 Å². The zero-order valence-corrected chi connectivity index (χ0v) is 13.4. The van der Waals surface area contributed by atoms with Gasteiger partial charge in [-0.2, -0.15) is 0 Å². The second-order valence-corrected chi connectivity index (χ2v) is 5.63. The van der Waals surface area contributed by atoms with Gasteiger partial charge in [0.15, 0.2) is 0 Å². The predicted octanol–water partition coefficient (Wildman–Crippen LogP) is 1.30. The van der Waals surface area contributed by atoms with Crippen molar-refractivity contribution >= 4 is 5.91 Å². The quantitative estimate of drug-likeness (QED) is 0.714. The Balaban J connectivity index is 1.49. The lowest BCUT2D eigenvalue weighted by Gasteiger charge is -2.27. The van der Waals surface area contributed by atoms with Crippen LogP contribution in [0.5, 0.6) is 5.88 Å². The number of nitrogens with zero attached hydrogens (tertiary/aromatic N) is 6. The smallest absolute Gasteiger partial charge is 0.254 e. The Bertz CT molecular complexity index is 865. The normalized spacial score (nSPS) is 13.4. The molecule has 0 spiro atoms. The van der Waals surface area contributed by atoms with Crippen molar-refractivity contribution in [2.24, 2.45) is 0 Å². The molecule has 1 amide bonds. The van der Waals surface area contributed by atoms with Gasteiger partial charge in [0.2, 0.25) is 5.88 Å². The molecule has 0 radical (unpaired) electrons. The van der Waals surface area contributed by atoms with Gasteiger partial charge >= 0.3 is 0 Å². The zero-order chi connectivity index (χ0) is 17.1. The summed E-state index contributed by atoms with van der Waals surface area (Å²) in [7, 11) is 0. The first-order chi connectivity index (χ1) is 12.3. The fourth-order valence-electron chi connectivity index (χ4n) is 2.73. The van der Waals surface area contributed by atoms with Gasteiger partial charge in [-0.1, -0.05) is 11.3 Å². The molecule has 0 unspecified atom stereocenters. The first-order valence-corrected chi connectivity index (χ1v) is 7.95. The van der Waals surface area contributed by atoms with E-state index in [1.165, 1.54) is 0 Å². The topological polar surface area (TPSA) is 86.0 Å². The minimum atomic E-state index is -0.0218. The van der Waals surface area contributed by atoms with Gasteiger partial charge in [-0.15, -0.1) is 5.10 Å². The molecule has 0 aliphatic carbocycles. The number of amides is 1. The summed E-state index contributed by atoms with van der Waals surface area (Å²) in [6, 6.07) is 8.91. The van der Waals surface area contributed by atoms with Crippen molar-refractivity contribution in [3.8, 4) is 5.88 Å². The van der Waals surface area contributed by atoms with E-state index in [1.807, 2.05) is 16.8 Å². The van der Waals surface area contributed by atoms with E-state index in [-0.39, 0.29) is 12.5 Å². The van der Waals surface area contributed by atoms with Crippen molar-refractivity contribution in [3.63, 3.8) is 0 Å². The SMILES string of the molecule is O=C(c1ccncc1)N1CCn2nnc(COc3ccccn3)c2C1. The van der Waals surface area contributed by atoms with Gasteiger partial charge in [-0.3, -0.25) is 9.78 Å². The molecule has 3 aromatic heterocycles. The molecule has 1 aliphatic rings. The van der Waals surface area contributed by atoms with E-state index >= 15 is 0 Å². The summed E-state index contributed by atoms with van der Waals surface area (Å²) < 4.78 is 7.49. The monoisotopic (exact) mass is 336 g/mol. The average molecular weight is 336 g/mol. The van der Waals surface area contributed by atoms with E-state index in [9.17, 15) is 4.79 Å². The Morgan fingerprint density at radius 2 is 2.00 bits per heavy atom. The zero-order valence-electron chi connectivity index (χ0n) is 13.4. The van der Waals surface area contributed by atoms with Crippen LogP contribution in [0, 0.1) is 0 Å². The van der Waals surface area contributed by atoms with E-state index < -0.39 is 0 Å². The van der Waals surface area contributed by atoms with Crippen molar-refractivity contribution in [1.82, 2.24) is 29.9 Å². The minimum Gasteiger partial charge on any atom is -0.471 e. The third-order valence-electron chi connectivity index (χ3n) is 4.05. The highest BCUT2D eigenvalue weighted by Crippen LogP contribution is 2.18. The number of rotatable bonds is 4. The molecule has 1 aliphatic heterocycles. The van der Waals surface area contributed by atoms with E-state index in [0.29, 0.717) is 31.1 Å². The molecular weight excluding hydrogens is 320 g/mol. The van der Waals surface area contributed by atoms with Crippen molar-refractivity contribution in [2.75, 3.05) is 6.54 Å². The molecule has 126 valence electrons. The highest BCUT2D eigenvalue weighted by atomic mass is 16.5. The van der Waals surface area contributed by atoms with E-state index in [2.05, 4.69) is 20.3 Å². The molecule has 8 heteroatoms. The Morgan fingerprint density at radius 3 is 2.80 bits per heavy atom. The number of fused-ring (bicyclic) bond motifs is 1. The van der Waals surface area contributed by atoms with Gasteiger partial charge in [0.1, 0.15) is 12.3 Å². The van der Waals surface area contributed by atoms with Gasteiger partial charge in [0.25, 0.3) is 5.91 Å². The number of aromatic nitrogens is 5. The highest BCUT2D eigenvalue weighted by molar-refractivity contribution is 5.94. The lowest BCUT2D eigenvalue weighted by Crippen LogP contribution is -2.38. The number of ether oxygens (including phenoxy) is 1. The summed E-state index contributed by atoms with van der Waals surface area (Å²) >= 11 is 0. The fraction of sp³-hybridized carbons (Fsp3) is 0.235. The summed E-state index contributed by atoms with van der Waals surface area (Å²) in [6.07, 6.45) is 4.91. The number of carbonyl (C=O) groups excluding carboxylic acids is 1. The van der Waals surface area contributed by atoms with Crippen molar-refractivity contribution in [1.29, 1.82) is 0 Å². The van der Waals surface area contributed by atoms with Gasteiger partial charge in [-0.25, -0.2) is 9.67 Å². The summed E-state index contributed by atoms with van der Waals surface area (Å²) in [5.41, 5.74) is 2.24. The highest BCUT2D eigenvalue weighted by Gasteiger charge is 2.25. The fourth-order valence-corrected chi connectivity index (χ4v) is 2.73. The first-order valence-electron chi connectivity index (χ1n) is 7.95. The number of pyridine rings is 2. The Hall–Kier alpha value is -3.29. The van der Waals surface area contributed by atoms with Gasteiger partial charge in [0.05, 0.1) is 18.8 Å². The average Bonchev–Trinajstić information content (AvgIpc) is 3.09. The van der Waals surface area contributed by atoms with Gasteiger partial charge in [-0.05, 0) is 18.2 Å². The van der Waals surface area contributed by atoms with Crippen LogP contribution in [0.1, 0.15) is 21.7 Å². The Labute approximate surface area is 144 Å². The molecule has 8 nitrogen and oxygen atoms in total. The Kier molecular flexibility index (Phi) is 4.07. The maximum absolute atomic E-state index is 12.6. The van der Waals surface area contributed by atoms with Gasteiger partial charge < -0.3 is 9.64 Å². The van der Waals surface area contributed by atoms with Crippen LogP contribution in [-0.4, -0.2) is 42.3 Å². The van der Waals surface area contributed by atoms with Crippen LogP contribution in [0.3, 0.4) is 0 Å². The molecule has 25 heavy (non-hydrogen) atoms. The second-order valence-electron chi connectivity index (χ2n) is 5.63. The summed E-state index contributed by atoms with van der Waals surface area (Å²) in [4.78, 5) is 22.5. The molecule has 0 saturated carbocycles. The van der Waals surface area contributed by atoms with Crippen molar-refractivity contribution < 1.29 is 9.53 Å². The molecule has 4 heterocycles. The van der Waals surface area contributed by atoms with E-state index in [0.717, 1.165) is 11.4 Å². The van der Waals surface area contributed by atoms with Crippen LogP contribution in [0.25, 0.3) is 0 Å². The Morgan fingerprint density at radius 1 is 1.12 bits per heavy atom. The molecule has 0 aromatic carbocycles. The molecule has 0 fully saturated rings. The van der Waals surface area contributed by atoms with Crippen LogP contribution in [0.15, 0.2) is 48.9 Å². The summed E-state index contributed by atoms with van der Waals surface area (Å²) in [5.74, 6) is 0.510. The van der Waals surface area contributed by atoms with Crippen LogP contribution in [-0.2, 0) is 19.7 Å². The summed E-state index contributed by atoms with van der Waals surface area (Å²) in [6.45, 7) is 1.93.